The highest BCUT2D eigenvalue weighted by atomic mass is 79.9. The summed E-state index contributed by atoms with van der Waals surface area (Å²) in [7, 11) is 0. The first kappa shape index (κ1) is 26.7. The Morgan fingerprint density at radius 1 is 1.00 bits per heavy atom. The minimum absolute atomic E-state index is 0.228. The van der Waals surface area contributed by atoms with Crippen LogP contribution < -0.4 is 10.9 Å². The van der Waals surface area contributed by atoms with Gasteiger partial charge in [-0.15, -0.1) is 0 Å². The summed E-state index contributed by atoms with van der Waals surface area (Å²) in [5, 5.41) is 3.94. The molecule has 0 fully saturated rings. The van der Waals surface area contributed by atoms with Gasteiger partial charge in [0.1, 0.15) is 5.82 Å². The molecule has 0 bridgehead atoms. The third kappa shape index (κ3) is 5.75. The lowest BCUT2D eigenvalue weighted by Crippen LogP contribution is -2.39. The molecule has 196 valence electrons. The van der Waals surface area contributed by atoms with Crippen molar-refractivity contribution >= 4 is 50.2 Å². The summed E-state index contributed by atoms with van der Waals surface area (Å²) in [6.07, 6.45) is 0. The number of para-hydroxylation sites is 1. The molecule has 1 unspecified atom stereocenters. The lowest BCUT2D eigenvalue weighted by Gasteiger charge is -2.31. The van der Waals surface area contributed by atoms with Crippen molar-refractivity contribution in [2.24, 2.45) is 0 Å². The summed E-state index contributed by atoms with van der Waals surface area (Å²) in [5.41, 5.74) is 3.57. The summed E-state index contributed by atoms with van der Waals surface area (Å²) < 4.78 is 2.35. The van der Waals surface area contributed by atoms with Crippen LogP contribution >= 0.6 is 27.5 Å². The maximum absolute atomic E-state index is 13.9. The van der Waals surface area contributed by atoms with Crippen molar-refractivity contribution in [3.8, 4) is 5.69 Å². The maximum Gasteiger partial charge on any atom is 0.322 e. The number of urea groups is 1. The van der Waals surface area contributed by atoms with Gasteiger partial charge in [-0.3, -0.25) is 9.36 Å². The van der Waals surface area contributed by atoms with Crippen LogP contribution in [-0.4, -0.2) is 20.5 Å². The van der Waals surface area contributed by atoms with Crippen LogP contribution in [0, 0.1) is 6.92 Å². The van der Waals surface area contributed by atoms with Crippen LogP contribution in [0.5, 0.6) is 0 Å². The molecule has 8 heteroatoms. The molecule has 0 aliphatic rings. The zero-order valence-electron chi connectivity index (χ0n) is 21.4. The van der Waals surface area contributed by atoms with Crippen LogP contribution in [0.2, 0.25) is 5.02 Å². The predicted octanol–water partition coefficient (Wildman–Crippen LogP) is 7.91. The second-order valence-electron chi connectivity index (χ2n) is 9.31. The summed E-state index contributed by atoms with van der Waals surface area (Å²) >= 11 is 9.79. The van der Waals surface area contributed by atoms with Gasteiger partial charge in [-0.05, 0) is 77.8 Å². The molecule has 0 radical (unpaired) electrons. The van der Waals surface area contributed by atoms with Crippen LogP contribution in [-0.2, 0) is 6.54 Å². The fourth-order valence-electron chi connectivity index (χ4n) is 4.45. The van der Waals surface area contributed by atoms with Crippen LogP contribution in [0.15, 0.2) is 106 Å². The number of anilines is 1. The molecule has 5 rings (SSSR count). The Kier molecular flexibility index (Phi) is 7.82. The third-order valence-corrected chi connectivity index (χ3v) is 7.49. The number of carbonyl (C=O) groups is 1. The summed E-state index contributed by atoms with van der Waals surface area (Å²) in [4.78, 5) is 34.3. The van der Waals surface area contributed by atoms with E-state index in [1.807, 2.05) is 92.7 Å². The van der Waals surface area contributed by atoms with Gasteiger partial charge in [-0.2, -0.15) is 0 Å². The summed E-state index contributed by atoms with van der Waals surface area (Å²) in [6, 6.07) is 29.0. The van der Waals surface area contributed by atoms with Crippen molar-refractivity contribution in [3.63, 3.8) is 0 Å². The molecule has 1 aromatic heterocycles. The van der Waals surface area contributed by atoms with Crippen molar-refractivity contribution in [1.82, 2.24) is 14.5 Å². The number of hydrogen-bond donors (Lipinski definition) is 1. The van der Waals surface area contributed by atoms with E-state index in [0.717, 1.165) is 15.6 Å². The number of nitrogens with zero attached hydrogens (tertiary/aromatic N) is 3. The van der Waals surface area contributed by atoms with Crippen LogP contribution in [0.25, 0.3) is 16.6 Å². The maximum atomic E-state index is 13.9. The minimum Gasteiger partial charge on any atom is -0.310 e. The number of fused-ring (bicyclic) bond motifs is 1. The van der Waals surface area contributed by atoms with E-state index >= 15 is 0 Å². The van der Waals surface area contributed by atoms with Gasteiger partial charge in [0.25, 0.3) is 5.56 Å². The normalized spacial score (nSPS) is 11.8. The Morgan fingerprint density at radius 3 is 2.41 bits per heavy atom. The van der Waals surface area contributed by atoms with E-state index < -0.39 is 6.04 Å². The van der Waals surface area contributed by atoms with Gasteiger partial charge in [0.2, 0.25) is 0 Å². The molecule has 0 saturated carbocycles. The van der Waals surface area contributed by atoms with Gasteiger partial charge < -0.3 is 10.2 Å². The van der Waals surface area contributed by atoms with Gasteiger partial charge in [0.15, 0.2) is 0 Å². The second-order valence-corrected chi connectivity index (χ2v) is 10.6. The van der Waals surface area contributed by atoms with E-state index in [4.69, 9.17) is 16.6 Å². The van der Waals surface area contributed by atoms with Crippen molar-refractivity contribution in [2.75, 3.05) is 5.32 Å². The Balaban J connectivity index is 1.67. The Morgan fingerprint density at radius 2 is 1.69 bits per heavy atom. The Labute approximate surface area is 240 Å². The van der Waals surface area contributed by atoms with E-state index in [1.165, 1.54) is 0 Å². The molecule has 4 aromatic carbocycles. The van der Waals surface area contributed by atoms with Gasteiger partial charge in [0, 0.05) is 16.0 Å². The average Bonchev–Trinajstić information content (AvgIpc) is 2.93. The summed E-state index contributed by atoms with van der Waals surface area (Å²) in [6.45, 7) is 4.17. The molecule has 1 heterocycles. The Bertz CT molecular complexity index is 1700. The molecule has 1 N–H and O–H groups in total. The first-order valence-corrected chi connectivity index (χ1v) is 13.6. The number of carbonyl (C=O) groups excluding carboxylic acids is 1. The zero-order valence-corrected chi connectivity index (χ0v) is 23.8. The number of hydrogen-bond acceptors (Lipinski definition) is 3. The molecule has 39 heavy (non-hydrogen) atoms. The average molecular weight is 602 g/mol. The van der Waals surface area contributed by atoms with E-state index in [-0.39, 0.29) is 11.6 Å². The van der Waals surface area contributed by atoms with Crippen molar-refractivity contribution in [1.29, 1.82) is 0 Å². The monoisotopic (exact) mass is 600 g/mol. The van der Waals surface area contributed by atoms with Crippen molar-refractivity contribution < 1.29 is 4.79 Å². The fraction of sp³-hybridized carbons (Fsp3) is 0.129. The molecule has 0 aliphatic carbocycles. The van der Waals surface area contributed by atoms with E-state index in [1.54, 1.807) is 27.7 Å². The third-order valence-electron chi connectivity index (χ3n) is 6.56. The quantitative estimate of drug-likeness (QED) is 0.215. The SMILES string of the molecule is Cc1ccc(-n2c(C(C)N(Cc3ccccc3)C(=O)Nc3ccccc3Br)nc3cc(Cl)ccc3c2=O)cc1. The van der Waals surface area contributed by atoms with E-state index in [0.29, 0.717) is 39.7 Å². The molecule has 6 nitrogen and oxygen atoms in total. The van der Waals surface area contributed by atoms with E-state index in [9.17, 15) is 9.59 Å². The number of halogens is 2. The molecular formula is C31H26BrClN4O2. The second kappa shape index (κ2) is 11.4. The number of aromatic nitrogens is 2. The highest BCUT2D eigenvalue weighted by Gasteiger charge is 2.28. The number of nitrogens with one attached hydrogen (secondary N) is 1. The van der Waals surface area contributed by atoms with Gasteiger partial charge >= 0.3 is 6.03 Å². The fourth-order valence-corrected chi connectivity index (χ4v) is 5.00. The molecule has 2 amide bonds. The largest absolute Gasteiger partial charge is 0.322 e. The lowest BCUT2D eigenvalue weighted by molar-refractivity contribution is 0.185. The standard InChI is InChI=1S/C31H26BrClN4O2/c1-20-12-15-24(16-13-20)37-29(34-28-18-23(33)14-17-25(28)30(37)38)21(2)36(19-22-8-4-3-5-9-22)31(39)35-27-11-7-6-10-26(27)32/h3-18,21H,19H2,1-2H3,(H,35,39). The number of rotatable bonds is 6. The molecule has 0 spiro atoms. The molecule has 1 atom stereocenters. The number of aryl methyl sites for hydroxylation is 1. The van der Waals surface area contributed by atoms with Crippen LogP contribution in [0.4, 0.5) is 10.5 Å². The minimum atomic E-state index is -0.593. The van der Waals surface area contributed by atoms with Gasteiger partial charge in [-0.25, -0.2) is 9.78 Å². The highest BCUT2D eigenvalue weighted by molar-refractivity contribution is 9.10. The first-order chi connectivity index (χ1) is 18.8. The molecule has 0 aliphatic heterocycles. The zero-order chi connectivity index (χ0) is 27.5. The van der Waals surface area contributed by atoms with Crippen molar-refractivity contribution in [2.45, 2.75) is 26.4 Å². The summed E-state index contributed by atoms with van der Waals surface area (Å²) in [5.74, 6) is 0.428. The van der Waals surface area contributed by atoms with Crippen LogP contribution in [0.1, 0.15) is 29.9 Å². The molecule has 0 saturated heterocycles. The lowest BCUT2D eigenvalue weighted by atomic mass is 10.1. The Hall–Kier alpha value is -3.94. The van der Waals surface area contributed by atoms with E-state index in [2.05, 4.69) is 21.2 Å². The van der Waals surface area contributed by atoms with Gasteiger partial charge in [-0.1, -0.05) is 71.8 Å². The predicted molar refractivity (Wildman–Crippen MR) is 161 cm³/mol. The van der Waals surface area contributed by atoms with Gasteiger partial charge in [0.05, 0.1) is 28.3 Å². The van der Waals surface area contributed by atoms with Crippen LogP contribution in [0.3, 0.4) is 0 Å². The smallest absolute Gasteiger partial charge is 0.310 e. The number of benzene rings is 4. The molecule has 5 aromatic rings. The first-order valence-electron chi connectivity index (χ1n) is 12.5. The van der Waals surface area contributed by atoms with Crippen molar-refractivity contribution in [3.05, 3.63) is 134 Å². The topological polar surface area (TPSA) is 67.2 Å². The molecular weight excluding hydrogens is 576 g/mol. The highest BCUT2D eigenvalue weighted by Crippen LogP contribution is 2.28. The number of amides is 2.